The van der Waals surface area contributed by atoms with Crippen LogP contribution in [0.15, 0.2) is 24.3 Å². The van der Waals surface area contributed by atoms with E-state index in [4.69, 9.17) is 9.47 Å². The lowest BCUT2D eigenvalue weighted by Gasteiger charge is -2.32. The van der Waals surface area contributed by atoms with E-state index in [-0.39, 0.29) is 18.1 Å². The zero-order valence-electron chi connectivity index (χ0n) is 11.7. The normalized spacial score (nSPS) is 21.3. The predicted molar refractivity (Wildman–Crippen MR) is 73.5 cm³/mol. The number of nitrogens with one attached hydrogen (secondary N) is 1. The van der Waals surface area contributed by atoms with Gasteiger partial charge in [0.15, 0.2) is 11.5 Å². The number of rotatable bonds is 4. The fourth-order valence-electron chi connectivity index (χ4n) is 2.18. The van der Waals surface area contributed by atoms with Crippen LogP contribution in [0.25, 0.3) is 0 Å². The molecule has 4 nitrogen and oxygen atoms in total. The summed E-state index contributed by atoms with van der Waals surface area (Å²) in [5, 5.41) is 3.00. The van der Waals surface area contributed by atoms with Gasteiger partial charge in [-0.15, -0.1) is 0 Å². The maximum Gasteiger partial charge on any atom is 0.265 e. The molecular weight excluding hydrogens is 242 g/mol. The predicted octanol–water partition coefficient (Wildman–Crippen LogP) is 2.52. The van der Waals surface area contributed by atoms with Gasteiger partial charge in [0.2, 0.25) is 6.10 Å². The van der Waals surface area contributed by atoms with Crippen LogP contribution in [0, 0.1) is 0 Å². The third-order valence-electron chi connectivity index (χ3n) is 3.43. The van der Waals surface area contributed by atoms with Gasteiger partial charge in [0, 0.05) is 6.04 Å². The molecule has 2 rings (SSSR count). The van der Waals surface area contributed by atoms with E-state index in [1.807, 2.05) is 31.2 Å². The molecular formula is C15H21NO3. The molecule has 0 saturated carbocycles. The number of benzene rings is 1. The Labute approximate surface area is 114 Å². The van der Waals surface area contributed by atoms with Gasteiger partial charge in [0.05, 0.1) is 0 Å². The van der Waals surface area contributed by atoms with Crippen molar-refractivity contribution in [2.45, 2.75) is 51.9 Å². The first-order valence-electron chi connectivity index (χ1n) is 6.88. The highest BCUT2D eigenvalue weighted by atomic mass is 16.6. The Kier molecular flexibility index (Phi) is 4.30. The minimum atomic E-state index is -0.588. The monoisotopic (exact) mass is 263 g/mol. The first-order chi connectivity index (χ1) is 9.15. The van der Waals surface area contributed by atoms with E-state index in [9.17, 15) is 4.79 Å². The van der Waals surface area contributed by atoms with Gasteiger partial charge in [-0.2, -0.15) is 0 Å². The highest BCUT2D eigenvalue weighted by Crippen LogP contribution is 2.33. The summed E-state index contributed by atoms with van der Waals surface area (Å²) in [7, 11) is 0. The van der Waals surface area contributed by atoms with Crippen LogP contribution in [-0.2, 0) is 4.79 Å². The molecule has 1 aliphatic heterocycles. The zero-order chi connectivity index (χ0) is 13.8. The maximum atomic E-state index is 12.2. The average molecular weight is 263 g/mol. The van der Waals surface area contributed by atoms with E-state index in [2.05, 4.69) is 19.2 Å². The molecule has 0 spiro atoms. The fraction of sp³-hybridized carbons (Fsp3) is 0.533. The largest absolute Gasteiger partial charge is 0.482 e. The second-order valence-corrected chi connectivity index (χ2v) is 4.83. The second kappa shape index (κ2) is 5.95. The van der Waals surface area contributed by atoms with Gasteiger partial charge < -0.3 is 14.8 Å². The smallest absolute Gasteiger partial charge is 0.265 e. The molecule has 0 fully saturated rings. The highest BCUT2D eigenvalue weighted by Gasteiger charge is 2.34. The van der Waals surface area contributed by atoms with Crippen molar-refractivity contribution in [3.05, 3.63) is 24.3 Å². The Morgan fingerprint density at radius 3 is 2.37 bits per heavy atom. The Bertz CT molecular complexity index is 443. The first-order valence-corrected chi connectivity index (χ1v) is 6.88. The molecule has 0 aliphatic carbocycles. The lowest BCUT2D eigenvalue weighted by atomic mass is 10.1. The molecule has 0 bridgehead atoms. The Balaban J connectivity index is 2.07. The van der Waals surface area contributed by atoms with Crippen molar-refractivity contribution < 1.29 is 14.3 Å². The second-order valence-electron chi connectivity index (χ2n) is 4.83. The van der Waals surface area contributed by atoms with Gasteiger partial charge in [-0.05, 0) is 31.9 Å². The molecule has 4 heteroatoms. The van der Waals surface area contributed by atoms with Crippen LogP contribution in [0.4, 0.5) is 0 Å². The van der Waals surface area contributed by atoms with Crippen LogP contribution in [0.1, 0.15) is 33.6 Å². The van der Waals surface area contributed by atoms with Gasteiger partial charge in [0.25, 0.3) is 5.91 Å². The number of carbonyl (C=O) groups excluding carboxylic acids is 1. The molecule has 0 saturated heterocycles. The number of amides is 1. The van der Waals surface area contributed by atoms with Gasteiger partial charge in [-0.3, -0.25) is 4.79 Å². The van der Waals surface area contributed by atoms with Crippen LogP contribution >= 0.6 is 0 Å². The summed E-state index contributed by atoms with van der Waals surface area (Å²) in [6, 6.07) is 7.62. The molecule has 1 N–H and O–H groups in total. The molecule has 1 amide bonds. The topological polar surface area (TPSA) is 47.6 Å². The Morgan fingerprint density at radius 1 is 1.21 bits per heavy atom. The highest BCUT2D eigenvalue weighted by molar-refractivity contribution is 5.82. The third-order valence-corrected chi connectivity index (χ3v) is 3.43. The lowest BCUT2D eigenvalue weighted by Crippen LogP contribution is -2.51. The SMILES string of the molecule is CCC(CC)NC(=O)C1Oc2ccccc2OC1C. The number of hydrogen-bond donors (Lipinski definition) is 1. The molecule has 0 aromatic heterocycles. The van der Waals surface area contributed by atoms with E-state index in [0.29, 0.717) is 11.5 Å². The molecule has 19 heavy (non-hydrogen) atoms. The zero-order valence-corrected chi connectivity index (χ0v) is 11.7. The summed E-state index contributed by atoms with van der Waals surface area (Å²) >= 11 is 0. The van der Waals surface area contributed by atoms with Gasteiger partial charge in [-0.25, -0.2) is 0 Å². The van der Waals surface area contributed by atoms with Crippen LogP contribution in [-0.4, -0.2) is 24.2 Å². The quantitative estimate of drug-likeness (QED) is 0.908. The van der Waals surface area contributed by atoms with Gasteiger partial charge >= 0.3 is 0 Å². The van der Waals surface area contributed by atoms with Crippen LogP contribution < -0.4 is 14.8 Å². The number of fused-ring (bicyclic) bond motifs is 1. The number of carbonyl (C=O) groups is 1. The summed E-state index contributed by atoms with van der Waals surface area (Å²) in [6.07, 6.45) is 0.960. The van der Waals surface area contributed by atoms with E-state index in [1.165, 1.54) is 0 Å². The van der Waals surface area contributed by atoms with Gasteiger partial charge in [-0.1, -0.05) is 26.0 Å². The summed E-state index contributed by atoms with van der Waals surface area (Å²) in [5.74, 6) is 1.22. The Morgan fingerprint density at radius 2 is 1.79 bits per heavy atom. The van der Waals surface area contributed by atoms with Crippen molar-refractivity contribution in [2.24, 2.45) is 0 Å². The molecule has 1 aliphatic rings. The molecule has 1 aromatic rings. The average Bonchev–Trinajstić information content (AvgIpc) is 2.43. The minimum absolute atomic E-state index is 0.101. The number of para-hydroxylation sites is 2. The van der Waals surface area contributed by atoms with Crippen molar-refractivity contribution in [3.8, 4) is 11.5 Å². The van der Waals surface area contributed by atoms with Crippen molar-refractivity contribution >= 4 is 5.91 Å². The number of hydrogen-bond acceptors (Lipinski definition) is 3. The van der Waals surface area contributed by atoms with E-state index >= 15 is 0 Å². The fourth-order valence-corrected chi connectivity index (χ4v) is 2.18. The van der Waals surface area contributed by atoms with Gasteiger partial charge in [0.1, 0.15) is 6.10 Å². The molecule has 1 heterocycles. The molecule has 2 unspecified atom stereocenters. The van der Waals surface area contributed by atoms with Crippen molar-refractivity contribution in [3.63, 3.8) is 0 Å². The minimum Gasteiger partial charge on any atom is -0.482 e. The van der Waals surface area contributed by atoms with Crippen molar-refractivity contribution in [1.82, 2.24) is 5.32 Å². The summed E-state index contributed by atoms with van der Waals surface area (Å²) in [5.41, 5.74) is 0. The van der Waals surface area contributed by atoms with Crippen LogP contribution in [0.3, 0.4) is 0 Å². The van der Waals surface area contributed by atoms with Crippen LogP contribution in [0.2, 0.25) is 0 Å². The maximum absolute atomic E-state index is 12.2. The van der Waals surface area contributed by atoms with E-state index in [1.54, 1.807) is 0 Å². The first kappa shape index (κ1) is 13.7. The lowest BCUT2D eigenvalue weighted by molar-refractivity contribution is -0.134. The third kappa shape index (κ3) is 3.00. The van der Waals surface area contributed by atoms with Crippen molar-refractivity contribution in [1.29, 1.82) is 0 Å². The molecule has 2 atom stereocenters. The van der Waals surface area contributed by atoms with E-state index in [0.717, 1.165) is 12.8 Å². The number of ether oxygens (including phenoxy) is 2. The Hall–Kier alpha value is -1.71. The molecule has 1 aromatic carbocycles. The molecule has 104 valence electrons. The van der Waals surface area contributed by atoms with Crippen LogP contribution in [0.5, 0.6) is 11.5 Å². The summed E-state index contributed by atoms with van der Waals surface area (Å²) < 4.78 is 11.5. The summed E-state index contributed by atoms with van der Waals surface area (Å²) in [6.45, 7) is 5.98. The molecule has 0 radical (unpaired) electrons. The van der Waals surface area contributed by atoms with E-state index < -0.39 is 6.10 Å². The van der Waals surface area contributed by atoms with Crippen molar-refractivity contribution in [2.75, 3.05) is 0 Å². The standard InChI is InChI=1S/C15H21NO3/c1-4-11(5-2)16-15(17)14-10(3)18-12-8-6-7-9-13(12)19-14/h6-11,14H,4-5H2,1-3H3,(H,16,17). The summed E-state index contributed by atoms with van der Waals surface area (Å²) in [4.78, 5) is 12.2.